The van der Waals surface area contributed by atoms with Crippen LogP contribution in [-0.2, 0) is 15.4 Å². The molecule has 0 saturated carbocycles. The van der Waals surface area contributed by atoms with Gasteiger partial charge in [0.1, 0.15) is 10.6 Å². The van der Waals surface area contributed by atoms with Crippen molar-refractivity contribution in [2.75, 3.05) is 11.8 Å². The summed E-state index contributed by atoms with van der Waals surface area (Å²) in [4.78, 5) is 7.81. The number of hydrogen-bond acceptors (Lipinski definition) is 5. The first-order valence-corrected chi connectivity index (χ1v) is 8.21. The normalized spacial score (nSPS) is 12.0. The Labute approximate surface area is 130 Å². The molecule has 2 aromatic rings. The standard InChI is InChI=1S/C15H19N3O3S/c1-15(2,3)11-6-7-12(21-4)13(10-11)22(19,20)18-14-16-8-5-9-17-14/h5-10H,1-4H3,(H,16,17,18). The quantitative estimate of drug-likeness (QED) is 0.936. The van der Waals surface area contributed by atoms with Crippen molar-refractivity contribution >= 4 is 16.0 Å². The highest BCUT2D eigenvalue weighted by molar-refractivity contribution is 7.92. The number of methoxy groups -OCH3 is 1. The number of rotatable bonds is 4. The molecule has 1 aromatic carbocycles. The summed E-state index contributed by atoms with van der Waals surface area (Å²) in [5.74, 6) is 0.294. The molecular weight excluding hydrogens is 302 g/mol. The van der Waals surface area contributed by atoms with Crippen molar-refractivity contribution in [2.45, 2.75) is 31.1 Å². The number of anilines is 1. The summed E-state index contributed by atoms with van der Waals surface area (Å²) in [6.07, 6.45) is 2.93. The van der Waals surface area contributed by atoms with E-state index in [0.717, 1.165) is 5.56 Å². The van der Waals surface area contributed by atoms with Crippen LogP contribution in [0.1, 0.15) is 26.3 Å². The van der Waals surface area contributed by atoms with E-state index in [9.17, 15) is 8.42 Å². The summed E-state index contributed by atoms with van der Waals surface area (Å²) in [6, 6.07) is 6.74. The predicted molar refractivity (Wildman–Crippen MR) is 84.5 cm³/mol. The van der Waals surface area contributed by atoms with Gasteiger partial charge in [0.05, 0.1) is 7.11 Å². The molecule has 0 aliphatic heterocycles. The minimum atomic E-state index is -3.84. The number of sulfonamides is 1. The minimum absolute atomic E-state index is 0.0192. The molecule has 1 N–H and O–H groups in total. The van der Waals surface area contributed by atoms with Crippen LogP contribution in [0.3, 0.4) is 0 Å². The molecule has 0 saturated heterocycles. The lowest BCUT2D eigenvalue weighted by atomic mass is 9.87. The monoisotopic (exact) mass is 321 g/mol. The molecule has 0 atom stereocenters. The second-order valence-electron chi connectivity index (χ2n) is 5.79. The van der Waals surface area contributed by atoms with Gasteiger partial charge in [-0.3, -0.25) is 0 Å². The van der Waals surface area contributed by atoms with E-state index >= 15 is 0 Å². The molecule has 2 rings (SSSR count). The maximum Gasteiger partial charge on any atom is 0.267 e. The topological polar surface area (TPSA) is 81.2 Å². The van der Waals surface area contributed by atoms with Gasteiger partial charge < -0.3 is 4.74 Å². The van der Waals surface area contributed by atoms with E-state index in [1.165, 1.54) is 19.5 Å². The second-order valence-corrected chi connectivity index (χ2v) is 7.44. The number of nitrogens with zero attached hydrogens (tertiary/aromatic N) is 2. The Kier molecular flexibility index (Phi) is 4.37. The van der Waals surface area contributed by atoms with Gasteiger partial charge in [-0.15, -0.1) is 0 Å². The molecule has 1 aromatic heterocycles. The van der Waals surface area contributed by atoms with Crippen LogP contribution >= 0.6 is 0 Å². The Morgan fingerprint density at radius 2 is 1.77 bits per heavy atom. The summed E-state index contributed by atoms with van der Waals surface area (Å²) in [5, 5.41) is 0. The van der Waals surface area contributed by atoms with Gasteiger partial charge in [-0.1, -0.05) is 26.8 Å². The number of nitrogens with one attached hydrogen (secondary N) is 1. The van der Waals surface area contributed by atoms with Gasteiger partial charge in [-0.05, 0) is 29.2 Å². The highest BCUT2D eigenvalue weighted by Gasteiger charge is 2.24. The van der Waals surface area contributed by atoms with Gasteiger partial charge in [0.2, 0.25) is 5.95 Å². The number of aromatic nitrogens is 2. The zero-order chi connectivity index (χ0) is 16.4. The zero-order valence-corrected chi connectivity index (χ0v) is 13.8. The highest BCUT2D eigenvalue weighted by atomic mass is 32.2. The van der Waals surface area contributed by atoms with E-state index in [2.05, 4.69) is 14.7 Å². The van der Waals surface area contributed by atoms with Crippen molar-refractivity contribution in [3.05, 3.63) is 42.2 Å². The number of hydrogen-bond donors (Lipinski definition) is 1. The van der Waals surface area contributed by atoms with Crippen molar-refractivity contribution in [1.29, 1.82) is 0 Å². The molecule has 0 radical (unpaired) electrons. The third-order valence-corrected chi connectivity index (χ3v) is 4.46. The average Bonchev–Trinajstić information content (AvgIpc) is 2.46. The van der Waals surface area contributed by atoms with Crippen molar-refractivity contribution in [2.24, 2.45) is 0 Å². The van der Waals surface area contributed by atoms with Crippen LogP contribution in [0.15, 0.2) is 41.6 Å². The Bertz CT molecular complexity index is 753. The molecule has 0 aliphatic rings. The van der Waals surface area contributed by atoms with Crippen molar-refractivity contribution in [3.63, 3.8) is 0 Å². The molecule has 22 heavy (non-hydrogen) atoms. The van der Waals surface area contributed by atoms with Crippen LogP contribution in [0.2, 0.25) is 0 Å². The number of ether oxygens (including phenoxy) is 1. The van der Waals surface area contributed by atoms with E-state index < -0.39 is 10.0 Å². The largest absolute Gasteiger partial charge is 0.495 e. The first-order chi connectivity index (χ1) is 10.2. The predicted octanol–water partition coefficient (Wildman–Crippen LogP) is 2.58. The average molecular weight is 321 g/mol. The fourth-order valence-electron chi connectivity index (χ4n) is 1.88. The Balaban J connectivity index is 2.49. The molecule has 7 heteroatoms. The lowest BCUT2D eigenvalue weighted by Gasteiger charge is -2.21. The van der Waals surface area contributed by atoms with Crippen LogP contribution < -0.4 is 9.46 Å². The fraction of sp³-hybridized carbons (Fsp3) is 0.333. The van der Waals surface area contributed by atoms with Crippen LogP contribution in [0, 0.1) is 0 Å². The summed E-state index contributed by atoms with van der Waals surface area (Å²) >= 11 is 0. The van der Waals surface area contributed by atoms with Gasteiger partial charge >= 0.3 is 0 Å². The van der Waals surface area contributed by atoms with E-state index in [-0.39, 0.29) is 22.0 Å². The summed E-state index contributed by atoms with van der Waals surface area (Å²) in [7, 11) is -2.40. The van der Waals surface area contributed by atoms with Gasteiger partial charge in [0.25, 0.3) is 10.0 Å². The molecule has 0 unspecified atom stereocenters. The first-order valence-electron chi connectivity index (χ1n) is 6.72. The lowest BCUT2D eigenvalue weighted by Crippen LogP contribution is -2.18. The van der Waals surface area contributed by atoms with Crippen LogP contribution in [0.5, 0.6) is 5.75 Å². The smallest absolute Gasteiger partial charge is 0.267 e. The Morgan fingerprint density at radius 3 is 2.32 bits per heavy atom. The van der Waals surface area contributed by atoms with E-state index in [1.54, 1.807) is 18.2 Å². The minimum Gasteiger partial charge on any atom is -0.495 e. The van der Waals surface area contributed by atoms with Crippen molar-refractivity contribution in [1.82, 2.24) is 9.97 Å². The van der Waals surface area contributed by atoms with Crippen LogP contribution in [-0.4, -0.2) is 25.5 Å². The third-order valence-electron chi connectivity index (χ3n) is 3.11. The molecule has 6 nitrogen and oxygen atoms in total. The lowest BCUT2D eigenvalue weighted by molar-refractivity contribution is 0.402. The summed E-state index contributed by atoms with van der Waals surface area (Å²) in [5.41, 5.74) is 0.711. The maximum atomic E-state index is 12.6. The van der Waals surface area contributed by atoms with Gasteiger partial charge in [0.15, 0.2) is 0 Å². The Morgan fingerprint density at radius 1 is 1.14 bits per heavy atom. The van der Waals surface area contributed by atoms with E-state index in [0.29, 0.717) is 0 Å². The molecule has 0 aliphatic carbocycles. The molecule has 0 spiro atoms. The van der Waals surface area contributed by atoms with Gasteiger partial charge in [0, 0.05) is 12.4 Å². The molecule has 0 fully saturated rings. The molecule has 0 bridgehead atoms. The highest BCUT2D eigenvalue weighted by Crippen LogP contribution is 2.31. The zero-order valence-electron chi connectivity index (χ0n) is 13.0. The second kappa shape index (κ2) is 5.92. The van der Waals surface area contributed by atoms with Crippen LogP contribution in [0.4, 0.5) is 5.95 Å². The third kappa shape index (κ3) is 3.54. The van der Waals surface area contributed by atoms with Gasteiger partial charge in [-0.2, -0.15) is 0 Å². The van der Waals surface area contributed by atoms with E-state index in [1.807, 2.05) is 26.8 Å². The van der Waals surface area contributed by atoms with Crippen molar-refractivity contribution in [3.8, 4) is 5.75 Å². The molecule has 0 amide bonds. The SMILES string of the molecule is COc1ccc(C(C)(C)C)cc1S(=O)(=O)Nc1ncccn1. The van der Waals surface area contributed by atoms with Crippen molar-refractivity contribution < 1.29 is 13.2 Å². The first kappa shape index (κ1) is 16.2. The molecular formula is C15H19N3O3S. The molecule has 118 valence electrons. The van der Waals surface area contributed by atoms with Crippen LogP contribution in [0.25, 0.3) is 0 Å². The maximum absolute atomic E-state index is 12.6. The summed E-state index contributed by atoms with van der Waals surface area (Å²) in [6.45, 7) is 6.04. The fourth-order valence-corrected chi connectivity index (χ4v) is 3.03. The number of benzene rings is 1. The summed E-state index contributed by atoms with van der Waals surface area (Å²) < 4.78 is 32.7. The van der Waals surface area contributed by atoms with E-state index in [4.69, 9.17) is 4.74 Å². The van der Waals surface area contributed by atoms with Gasteiger partial charge in [-0.25, -0.2) is 23.1 Å². The molecule has 1 heterocycles. The Hall–Kier alpha value is -2.15.